The van der Waals surface area contributed by atoms with Crippen LogP contribution in [0.25, 0.3) is 0 Å². The number of hydrogen-bond donors (Lipinski definition) is 2. The molecule has 1 aromatic heterocycles. The smallest absolute Gasteiger partial charge is 0.257 e. The van der Waals surface area contributed by atoms with Crippen LogP contribution in [0.4, 0.5) is 0 Å². The van der Waals surface area contributed by atoms with Gasteiger partial charge in [-0.05, 0) is 19.1 Å². The maximum absolute atomic E-state index is 12.1. The summed E-state index contributed by atoms with van der Waals surface area (Å²) in [6, 6.07) is 5.13. The van der Waals surface area contributed by atoms with Crippen LogP contribution in [0.2, 0.25) is 5.02 Å². The molecule has 0 saturated heterocycles. The number of methoxy groups -OCH3 is 1. The summed E-state index contributed by atoms with van der Waals surface area (Å²) < 4.78 is 31.7. The van der Waals surface area contributed by atoms with Crippen molar-refractivity contribution in [3.63, 3.8) is 0 Å². The van der Waals surface area contributed by atoms with E-state index in [4.69, 9.17) is 16.3 Å². The summed E-state index contributed by atoms with van der Waals surface area (Å²) in [5.41, 5.74) is 0.580. The summed E-state index contributed by atoms with van der Waals surface area (Å²) >= 11 is 6.05. The molecule has 2 rings (SSSR count). The number of ether oxygens (including phenoxy) is 1. The number of halogens is 1. The average Bonchev–Trinajstić information content (AvgIpc) is 2.84. The molecule has 8 heteroatoms. The number of hydrogen-bond acceptors (Lipinski definition) is 4. The standard InChI is InChI=1S/C12H14ClN3O3S/c1-8-14-7-12(16-8)20(17,18)15-6-9-10(13)4-3-5-11(9)19-2/h3-5,7,15H,6H2,1-2H3,(H,14,16). The van der Waals surface area contributed by atoms with E-state index in [2.05, 4.69) is 14.7 Å². The Morgan fingerprint density at radius 3 is 2.80 bits per heavy atom. The van der Waals surface area contributed by atoms with Gasteiger partial charge in [0.15, 0.2) is 5.03 Å². The van der Waals surface area contributed by atoms with Crippen LogP contribution in [0, 0.1) is 6.92 Å². The lowest BCUT2D eigenvalue weighted by Crippen LogP contribution is -2.24. The molecule has 0 saturated carbocycles. The van der Waals surface area contributed by atoms with Gasteiger partial charge < -0.3 is 9.72 Å². The van der Waals surface area contributed by atoms with Crippen molar-refractivity contribution in [1.29, 1.82) is 0 Å². The van der Waals surface area contributed by atoms with Crippen LogP contribution in [0.15, 0.2) is 29.4 Å². The first-order valence-corrected chi connectivity index (χ1v) is 7.63. The number of rotatable bonds is 5. The maximum atomic E-state index is 12.1. The van der Waals surface area contributed by atoms with Crippen LogP contribution in [0.3, 0.4) is 0 Å². The zero-order valence-electron chi connectivity index (χ0n) is 11.0. The van der Waals surface area contributed by atoms with Crippen LogP contribution in [-0.2, 0) is 16.6 Å². The Balaban J connectivity index is 2.21. The van der Waals surface area contributed by atoms with Gasteiger partial charge in [-0.3, -0.25) is 0 Å². The number of imidazole rings is 1. The quantitative estimate of drug-likeness (QED) is 0.882. The number of aromatic nitrogens is 2. The predicted molar refractivity (Wildman–Crippen MR) is 75.4 cm³/mol. The van der Waals surface area contributed by atoms with E-state index in [1.54, 1.807) is 25.1 Å². The number of nitrogens with one attached hydrogen (secondary N) is 2. The summed E-state index contributed by atoms with van der Waals surface area (Å²) in [5.74, 6) is 1.06. The molecule has 1 aromatic carbocycles. The minimum absolute atomic E-state index is 0.0148. The van der Waals surface area contributed by atoms with E-state index in [-0.39, 0.29) is 11.6 Å². The van der Waals surface area contributed by atoms with Crippen LogP contribution in [0.1, 0.15) is 11.4 Å². The van der Waals surface area contributed by atoms with Crippen molar-refractivity contribution in [3.05, 3.63) is 40.8 Å². The van der Waals surface area contributed by atoms with Gasteiger partial charge in [-0.2, -0.15) is 0 Å². The largest absolute Gasteiger partial charge is 0.496 e. The second-order valence-corrected chi connectivity index (χ2v) is 6.22. The Kier molecular flexibility index (Phi) is 4.32. The normalized spacial score (nSPS) is 11.6. The molecular weight excluding hydrogens is 302 g/mol. The van der Waals surface area contributed by atoms with E-state index in [0.717, 1.165) is 0 Å². The molecule has 0 spiro atoms. The first-order chi connectivity index (χ1) is 9.44. The highest BCUT2D eigenvalue weighted by Gasteiger charge is 2.18. The third-order valence-corrected chi connectivity index (χ3v) is 4.37. The van der Waals surface area contributed by atoms with Crippen LogP contribution >= 0.6 is 11.6 Å². The Morgan fingerprint density at radius 2 is 2.20 bits per heavy atom. The molecule has 0 atom stereocenters. The summed E-state index contributed by atoms with van der Waals surface area (Å²) in [5, 5.41) is 0.453. The van der Waals surface area contributed by atoms with E-state index in [1.165, 1.54) is 13.3 Å². The average molecular weight is 316 g/mol. The molecule has 2 aromatic rings. The van der Waals surface area contributed by atoms with Gasteiger partial charge in [0.25, 0.3) is 10.0 Å². The minimum Gasteiger partial charge on any atom is -0.496 e. The molecule has 0 unspecified atom stereocenters. The van der Waals surface area contributed by atoms with Crippen molar-refractivity contribution in [1.82, 2.24) is 14.7 Å². The topological polar surface area (TPSA) is 84.1 Å². The predicted octanol–water partition coefficient (Wildman–Crippen LogP) is 1.86. The molecule has 0 radical (unpaired) electrons. The molecular formula is C12H14ClN3O3S. The van der Waals surface area contributed by atoms with Gasteiger partial charge in [-0.15, -0.1) is 0 Å². The third kappa shape index (κ3) is 3.12. The second kappa shape index (κ2) is 5.82. The van der Waals surface area contributed by atoms with E-state index < -0.39 is 10.0 Å². The van der Waals surface area contributed by atoms with Crippen molar-refractivity contribution >= 4 is 21.6 Å². The van der Waals surface area contributed by atoms with Crippen molar-refractivity contribution in [2.75, 3.05) is 7.11 Å². The third-order valence-electron chi connectivity index (χ3n) is 2.70. The van der Waals surface area contributed by atoms with E-state index in [9.17, 15) is 8.42 Å². The van der Waals surface area contributed by atoms with Gasteiger partial charge in [-0.25, -0.2) is 18.1 Å². The second-order valence-electron chi connectivity index (χ2n) is 4.08. The molecule has 0 bridgehead atoms. The molecule has 0 aliphatic carbocycles. The van der Waals surface area contributed by atoms with Crippen molar-refractivity contribution in [2.24, 2.45) is 0 Å². The SMILES string of the molecule is COc1cccc(Cl)c1CNS(=O)(=O)c1cnc(C)[nH]1. The number of benzene rings is 1. The molecule has 6 nitrogen and oxygen atoms in total. The Hall–Kier alpha value is -1.57. The molecule has 0 aliphatic rings. The number of nitrogens with zero attached hydrogens (tertiary/aromatic N) is 1. The Bertz CT molecular complexity index is 712. The lowest BCUT2D eigenvalue weighted by molar-refractivity contribution is 0.409. The maximum Gasteiger partial charge on any atom is 0.257 e. The summed E-state index contributed by atoms with van der Waals surface area (Å²) in [4.78, 5) is 6.53. The number of aromatic amines is 1. The number of H-pyrrole nitrogens is 1. The first kappa shape index (κ1) is 14.8. The van der Waals surface area contributed by atoms with E-state index >= 15 is 0 Å². The molecule has 1 heterocycles. The van der Waals surface area contributed by atoms with Gasteiger partial charge in [0.2, 0.25) is 0 Å². The number of sulfonamides is 1. The van der Waals surface area contributed by atoms with Gasteiger partial charge in [-0.1, -0.05) is 17.7 Å². The minimum atomic E-state index is -3.66. The van der Waals surface area contributed by atoms with Gasteiger partial charge >= 0.3 is 0 Å². The summed E-state index contributed by atoms with van der Waals surface area (Å²) in [6.07, 6.45) is 1.27. The fraction of sp³-hybridized carbons (Fsp3) is 0.250. The van der Waals surface area contributed by atoms with Crippen LogP contribution < -0.4 is 9.46 Å². The molecule has 2 N–H and O–H groups in total. The van der Waals surface area contributed by atoms with E-state index in [0.29, 0.717) is 22.2 Å². The van der Waals surface area contributed by atoms with Gasteiger partial charge in [0.1, 0.15) is 11.6 Å². The fourth-order valence-electron chi connectivity index (χ4n) is 1.68. The molecule has 108 valence electrons. The van der Waals surface area contributed by atoms with Crippen molar-refractivity contribution in [3.8, 4) is 5.75 Å². The van der Waals surface area contributed by atoms with Crippen molar-refractivity contribution < 1.29 is 13.2 Å². The molecule has 0 fully saturated rings. The zero-order valence-corrected chi connectivity index (χ0v) is 12.5. The zero-order chi connectivity index (χ0) is 14.8. The monoisotopic (exact) mass is 315 g/mol. The lowest BCUT2D eigenvalue weighted by atomic mass is 10.2. The highest BCUT2D eigenvalue weighted by molar-refractivity contribution is 7.89. The molecule has 0 aliphatic heterocycles. The lowest BCUT2D eigenvalue weighted by Gasteiger charge is -2.11. The fourth-order valence-corrected chi connectivity index (χ4v) is 2.88. The van der Waals surface area contributed by atoms with Crippen LogP contribution in [0.5, 0.6) is 5.75 Å². The Labute approximate surface area is 122 Å². The van der Waals surface area contributed by atoms with Gasteiger partial charge in [0, 0.05) is 17.1 Å². The summed E-state index contributed by atoms with van der Waals surface area (Å²) in [7, 11) is -2.16. The Morgan fingerprint density at radius 1 is 1.45 bits per heavy atom. The molecule has 0 amide bonds. The number of aryl methyl sites for hydroxylation is 1. The highest BCUT2D eigenvalue weighted by Crippen LogP contribution is 2.26. The van der Waals surface area contributed by atoms with E-state index in [1.807, 2.05) is 0 Å². The molecule has 20 heavy (non-hydrogen) atoms. The van der Waals surface area contributed by atoms with Crippen LogP contribution in [-0.4, -0.2) is 25.5 Å². The summed E-state index contributed by atoms with van der Waals surface area (Å²) in [6.45, 7) is 1.71. The highest BCUT2D eigenvalue weighted by atomic mass is 35.5. The van der Waals surface area contributed by atoms with Gasteiger partial charge in [0.05, 0.1) is 13.3 Å². The van der Waals surface area contributed by atoms with Crippen molar-refractivity contribution in [2.45, 2.75) is 18.5 Å². The first-order valence-electron chi connectivity index (χ1n) is 5.76.